The van der Waals surface area contributed by atoms with Crippen LogP contribution in [0, 0.1) is 11.7 Å². The molecule has 1 N–H and O–H groups in total. The van der Waals surface area contributed by atoms with Gasteiger partial charge in [0.05, 0.1) is 20.1 Å². The zero-order chi connectivity index (χ0) is 23.1. The van der Waals surface area contributed by atoms with Gasteiger partial charge in [0.15, 0.2) is 0 Å². The number of carbonyl (C=O) groups excluding carboxylic acids is 2. The second-order valence-electron chi connectivity index (χ2n) is 7.68. The number of likely N-dealkylation sites (tertiary alicyclic amines) is 1. The van der Waals surface area contributed by atoms with E-state index in [1.165, 1.54) is 24.3 Å². The predicted molar refractivity (Wildman–Crippen MR) is 118 cm³/mol. The Morgan fingerprint density at radius 2 is 1.81 bits per heavy atom. The summed E-state index contributed by atoms with van der Waals surface area (Å²) in [5.74, 6) is -0.245. The van der Waals surface area contributed by atoms with Crippen LogP contribution in [0.4, 0.5) is 4.39 Å². The molecule has 2 atom stereocenters. The highest BCUT2D eigenvalue weighted by molar-refractivity contribution is 5.95. The lowest BCUT2D eigenvalue weighted by Crippen LogP contribution is -2.36. The summed E-state index contributed by atoms with van der Waals surface area (Å²) >= 11 is 0. The van der Waals surface area contributed by atoms with E-state index in [0.29, 0.717) is 43.2 Å². The van der Waals surface area contributed by atoms with Crippen molar-refractivity contribution in [2.45, 2.75) is 12.3 Å². The highest BCUT2D eigenvalue weighted by atomic mass is 19.1. The molecule has 0 aliphatic carbocycles. The molecule has 172 valence electrons. The number of ether oxygens (including phenoxy) is 3. The topological polar surface area (TPSA) is 77.1 Å². The van der Waals surface area contributed by atoms with E-state index < -0.39 is 11.7 Å². The van der Waals surface area contributed by atoms with E-state index in [1.54, 1.807) is 32.3 Å². The maximum absolute atomic E-state index is 13.3. The third-order valence-corrected chi connectivity index (χ3v) is 5.70. The van der Waals surface area contributed by atoms with Gasteiger partial charge in [-0.15, -0.1) is 0 Å². The summed E-state index contributed by atoms with van der Waals surface area (Å²) in [5, 5.41) is 2.95. The number of rotatable bonds is 9. The van der Waals surface area contributed by atoms with Crippen molar-refractivity contribution in [2.75, 3.05) is 47.6 Å². The minimum atomic E-state index is -0.454. The molecule has 8 heteroatoms. The number of hydrogen-bond acceptors (Lipinski definition) is 5. The Hall–Kier alpha value is -3.13. The number of hydrogen-bond donors (Lipinski definition) is 1. The first kappa shape index (κ1) is 23.5. The van der Waals surface area contributed by atoms with Crippen molar-refractivity contribution in [1.82, 2.24) is 10.2 Å². The van der Waals surface area contributed by atoms with Crippen LogP contribution >= 0.6 is 0 Å². The fourth-order valence-corrected chi connectivity index (χ4v) is 4.01. The van der Waals surface area contributed by atoms with Crippen LogP contribution < -0.4 is 14.8 Å². The van der Waals surface area contributed by atoms with Crippen molar-refractivity contribution in [3.8, 4) is 11.5 Å². The van der Waals surface area contributed by atoms with Gasteiger partial charge in [0.25, 0.3) is 5.91 Å². The first-order valence-electron chi connectivity index (χ1n) is 10.5. The molecular formula is C24H29FN2O5. The summed E-state index contributed by atoms with van der Waals surface area (Å²) in [6.45, 7) is 1.64. The van der Waals surface area contributed by atoms with E-state index in [4.69, 9.17) is 14.2 Å². The van der Waals surface area contributed by atoms with Gasteiger partial charge in [-0.1, -0.05) is 6.07 Å². The Morgan fingerprint density at radius 1 is 1.06 bits per heavy atom. The summed E-state index contributed by atoms with van der Waals surface area (Å²) in [7, 11) is 4.75. The van der Waals surface area contributed by atoms with Crippen LogP contribution in [0.1, 0.15) is 28.3 Å². The molecule has 0 spiro atoms. The first-order chi connectivity index (χ1) is 15.5. The van der Waals surface area contributed by atoms with Crippen LogP contribution in [0.15, 0.2) is 42.5 Å². The number of methoxy groups -OCH3 is 3. The Labute approximate surface area is 187 Å². The number of nitrogens with one attached hydrogen (secondary N) is 1. The fourth-order valence-electron chi connectivity index (χ4n) is 4.01. The zero-order valence-corrected chi connectivity index (χ0v) is 18.6. The zero-order valence-electron chi connectivity index (χ0n) is 18.6. The molecule has 1 aliphatic heterocycles. The minimum Gasteiger partial charge on any atom is -0.497 e. The van der Waals surface area contributed by atoms with Gasteiger partial charge in [-0.25, -0.2) is 4.39 Å². The maximum Gasteiger partial charge on any atom is 0.253 e. The average molecular weight is 445 g/mol. The standard InChI is InChI=1S/C24H29FN2O5/c1-30-12-4-11-26-23(28)21-15-27(24(29)16-5-7-17(25)8-6-16)14-20(21)19-10-9-18(31-2)13-22(19)32-3/h5-10,13,20-21H,4,11-12,14-15H2,1-3H3,(H,26,28)/t20-,21-/m0/s1. The van der Waals surface area contributed by atoms with Crippen molar-refractivity contribution in [2.24, 2.45) is 5.92 Å². The molecule has 1 fully saturated rings. The molecule has 32 heavy (non-hydrogen) atoms. The normalized spacial score (nSPS) is 17.8. The summed E-state index contributed by atoms with van der Waals surface area (Å²) in [6.07, 6.45) is 0.698. The van der Waals surface area contributed by atoms with Crippen LogP contribution in [0.25, 0.3) is 0 Å². The molecule has 2 amide bonds. The van der Waals surface area contributed by atoms with E-state index in [0.717, 1.165) is 5.56 Å². The fraction of sp³-hybridized carbons (Fsp3) is 0.417. The second kappa shape index (κ2) is 10.9. The van der Waals surface area contributed by atoms with Gasteiger partial charge in [0, 0.05) is 56.5 Å². The highest BCUT2D eigenvalue weighted by Gasteiger charge is 2.41. The van der Waals surface area contributed by atoms with Crippen molar-refractivity contribution in [3.05, 3.63) is 59.4 Å². The molecule has 3 rings (SSSR count). The van der Waals surface area contributed by atoms with Crippen LogP contribution in [0.2, 0.25) is 0 Å². The number of amides is 2. The van der Waals surface area contributed by atoms with Crippen molar-refractivity contribution < 1.29 is 28.2 Å². The molecular weight excluding hydrogens is 415 g/mol. The monoisotopic (exact) mass is 444 g/mol. The van der Waals surface area contributed by atoms with Gasteiger partial charge in [0.2, 0.25) is 5.91 Å². The van der Waals surface area contributed by atoms with Crippen molar-refractivity contribution in [1.29, 1.82) is 0 Å². The first-order valence-corrected chi connectivity index (χ1v) is 10.5. The van der Waals surface area contributed by atoms with Crippen molar-refractivity contribution in [3.63, 3.8) is 0 Å². The summed E-state index contributed by atoms with van der Waals surface area (Å²) < 4.78 is 29.2. The number of halogens is 1. The van der Waals surface area contributed by atoms with Crippen LogP contribution in [-0.4, -0.2) is 64.3 Å². The summed E-state index contributed by atoms with van der Waals surface area (Å²) in [4.78, 5) is 27.8. The van der Waals surface area contributed by atoms with Gasteiger partial charge >= 0.3 is 0 Å². The summed E-state index contributed by atoms with van der Waals surface area (Å²) in [5.41, 5.74) is 1.22. The van der Waals surface area contributed by atoms with Crippen LogP contribution in [0.5, 0.6) is 11.5 Å². The van der Waals surface area contributed by atoms with Gasteiger partial charge in [-0.3, -0.25) is 9.59 Å². The summed E-state index contributed by atoms with van der Waals surface area (Å²) in [6, 6.07) is 10.9. The molecule has 0 bridgehead atoms. The largest absolute Gasteiger partial charge is 0.497 e. The molecule has 2 aromatic rings. The number of benzene rings is 2. The second-order valence-corrected chi connectivity index (χ2v) is 7.68. The van der Waals surface area contributed by atoms with Crippen LogP contribution in [0.3, 0.4) is 0 Å². The quantitative estimate of drug-likeness (QED) is 0.602. The minimum absolute atomic E-state index is 0.126. The lowest BCUT2D eigenvalue weighted by Gasteiger charge is -2.21. The molecule has 0 radical (unpaired) electrons. The Balaban J connectivity index is 1.86. The maximum atomic E-state index is 13.3. The van der Waals surface area contributed by atoms with E-state index in [9.17, 15) is 14.0 Å². The van der Waals surface area contributed by atoms with Gasteiger partial charge in [0.1, 0.15) is 17.3 Å². The molecule has 0 saturated carbocycles. The third kappa shape index (κ3) is 5.37. The molecule has 1 saturated heterocycles. The van der Waals surface area contributed by atoms with Gasteiger partial charge < -0.3 is 24.4 Å². The molecule has 1 heterocycles. The number of carbonyl (C=O) groups is 2. The molecule has 0 unspecified atom stereocenters. The van der Waals surface area contributed by atoms with Crippen molar-refractivity contribution >= 4 is 11.8 Å². The van der Waals surface area contributed by atoms with E-state index in [-0.39, 0.29) is 24.3 Å². The Morgan fingerprint density at radius 3 is 2.47 bits per heavy atom. The molecule has 7 nitrogen and oxygen atoms in total. The lowest BCUT2D eigenvalue weighted by atomic mass is 9.87. The highest BCUT2D eigenvalue weighted by Crippen LogP contribution is 2.39. The van der Waals surface area contributed by atoms with E-state index in [1.807, 2.05) is 12.1 Å². The van der Waals surface area contributed by atoms with E-state index >= 15 is 0 Å². The predicted octanol–water partition coefficient (Wildman–Crippen LogP) is 2.85. The Kier molecular flexibility index (Phi) is 8.05. The average Bonchev–Trinajstić information content (AvgIpc) is 3.26. The molecule has 0 aromatic heterocycles. The van der Waals surface area contributed by atoms with Gasteiger partial charge in [-0.2, -0.15) is 0 Å². The SMILES string of the molecule is COCCCNC(=O)[C@H]1CN(C(=O)c2ccc(F)cc2)C[C@H]1c1ccc(OC)cc1OC. The van der Waals surface area contributed by atoms with E-state index in [2.05, 4.69) is 5.32 Å². The van der Waals surface area contributed by atoms with Gasteiger partial charge in [-0.05, 0) is 36.8 Å². The molecule has 2 aromatic carbocycles. The number of nitrogens with zero attached hydrogens (tertiary/aromatic N) is 1. The Bertz CT molecular complexity index is 934. The van der Waals surface area contributed by atoms with Crippen LogP contribution in [-0.2, 0) is 9.53 Å². The molecule has 1 aliphatic rings. The smallest absolute Gasteiger partial charge is 0.253 e. The lowest BCUT2D eigenvalue weighted by molar-refractivity contribution is -0.125. The third-order valence-electron chi connectivity index (χ3n) is 5.70.